The fourth-order valence-corrected chi connectivity index (χ4v) is 0.859. The van der Waals surface area contributed by atoms with Crippen LogP contribution >= 0.6 is 12.6 Å². The third kappa shape index (κ3) is 2.05. The molecule has 1 amide bonds. The molecular formula is C8H5NO2S. The second-order valence-corrected chi connectivity index (χ2v) is 2.57. The molecular weight excluding hydrogens is 174 g/mol. The number of carbonyl (C=O) groups excluding carboxylic acids is 2. The number of rotatable bonds is 1. The lowest BCUT2D eigenvalue weighted by Crippen LogP contribution is -1.92. The van der Waals surface area contributed by atoms with Gasteiger partial charge in [0.05, 0.1) is 0 Å². The molecule has 0 unspecified atom stereocenters. The Bertz CT molecular complexity index is 339. The molecule has 0 saturated carbocycles. The molecule has 0 radical (unpaired) electrons. The highest BCUT2D eigenvalue weighted by molar-refractivity contribution is 7.80. The van der Waals surface area contributed by atoms with E-state index in [-0.39, 0.29) is 0 Å². The van der Waals surface area contributed by atoms with Gasteiger partial charge in [0, 0.05) is 10.5 Å². The second-order valence-electron chi connectivity index (χ2n) is 2.06. The van der Waals surface area contributed by atoms with Gasteiger partial charge in [0.1, 0.15) is 0 Å². The molecule has 3 nitrogen and oxygen atoms in total. The van der Waals surface area contributed by atoms with Crippen molar-refractivity contribution in [3.63, 3.8) is 0 Å². The number of isocyanates is 1. The van der Waals surface area contributed by atoms with Crippen LogP contribution in [0.3, 0.4) is 0 Å². The first-order valence-electron chi connectivity index (χ1n) is 3.15. The fraction of sp³-hybridized carbons (Fsp3) is 0. The molecule has 1 aromatic carbocycles. The van der Waals surface area contributed by atoms with E-state index in [2.05, 4.69) is 17.6 Å². The summed E-state index contributed by atoms with van der Waals surface area (Å²) in [6.07, 6.45) is 1.19. The van der Waals surface area contributed by atoms with Crippen molar-refractivity contribution < 1.29 is 9.59 Å². The number of thiol groups is 1. The maximum Gasteiger partial charge on any atom is 0.287 e. The van der Waals surface area contributed by atoms with Gasteiger partial charge in [-0.15, -0.1) is 17.6 Å². The Kier molecular flexibility index (Phi) is 2.80. The van der Waals surface area contributed by atoms with Crippen molar-refractivity contribution >= 4 is 24.6 Å². The first-order chi connectivity index (χ1) is 5.74. The molecule has 1 aromatic rings. The van der Waals surface area contributed by atoms with Crippen molar-refractivity contribution in [2.24, 2.45) is 4.99 Å². The van der Waals surface area contributed by atoms with Crippen LogP contribution in [0.4, 0.5) is 0 Å². The zero-order valence-electron chi connectivity index (χ0n) is 6.02. The van der Waals surface area contributed by atoms with Gasteiger partial charge in [-0.3, -0.25) is 4.79 Å². The SMILES string of the molecule is O=C=NC(=O)c1ccc(S)cc1. The molecule has 12 heavy (non-hydrogen) atoms. The Balaban J connectivity index is 2.97. The van der Waals surface area contributed by atoms with Gasteiger partial charge in [-0.2, -0.15) is 0 Å². The zero-order valence-corrected chi connectivity index (χ0v) is 6.91. The summed E-state index contributed by atoms with van der Waals surface area (Å²) in [5.74, 6) is -0.585. The summed E-state index contributed by atoms with van der Waals surface area (Å²) < 4.78 is 0. The van der Waals surface area contributed by atoms with Gasteiger partial charge in [-0.25, -0.2) is 4.79 Å². The van der Waals surface area contributed by atoms with Gasteiger partial charge >= 0.3 is 0 Å². The quantitative estimate of drug-likeness (QED) is 0.403. The maximum atomic E-state index is 10.9. The Morgan fingerprint density at radius 1 is 1.33 bits per heavy atom. The average molecular weight is 179 g/mol. The fourth-order valence-electron chi connectivity index (χ4n) is 0.710. The molecule has 0 N–H and O–H groups in total. The minimum absolute atomic E-state index is 0.358. The van der Waals surface area contributed by atoms with Crippen LogP contribution in [0.15, 0.2) is 34.2 Å². The Hall–Kier alpha value is -1.38. The van der Waals surface area contributed by atoms with Crippen LogP contribution in [0.2, 0.25) is 0 Å². The van der Waals surface area contributed by atoms with E-state index in [0.717, 1.165) is 4.90 Å². The van der Waals surface area contributed by atoms with E-state index in [1.807, 2.05) is 0 Å². The highest BCUT2D eigenvalue weighted by Gasteiger charge is 2.01. The number of hydrogen-bond acceptors (Lipinski definition) is 3. The van der Waals surface area contributed by atoms with E-state index in [0.29, 0.717) is 5.56 Å². The highest BCUT2D eigenvalue weighted by atomic mass is 32.1. The van der Waals surface area contributed by atoms with E-state index in [9.17, 15) is 9.59 Å². The minimum atomic E-state index is -0.585. The normalized spacial score (nSPS) is 8.75. The van der Waals surface area contributed by atoms with Crippen LogP contribution < -0.4 is 0 Å². The van der Waals surface area contributed by atoms with Gasteiger partial charge in [0.2, 0.25) is 6.08 Å². The molecule has 0 aliphatic heterocycles. The lowest BCUT2D eigenvalue weighted by molar-refractivity contribution is 0.100. The van der Waals surface area contributed by atoms with Crippen LogP contribution in [0, 0.1) is 0 Å². The van der Waals surface area contributed by atoms with Crippen molar-refractivity contribution in [2.45, 2.75) is 4.90 Å². The van der Waals surface area contributed by atoms with Gasteiger partial charge < -0.3 is 0 Å². The number of benzene rings is 1. The summed E-state index contributed by atoms with van der Waals surface area (Å²) in [4.78, 5) is 24.3. The first-order valence-corrected chi connectivity index (χ1v) is 3.60. The first kappa shape index (κ1) is 8.71. The van der Waals surface area contributed by atoms with E-state index in [1.54, 1.807) is 24.3 Å². The topological polar surface area (TPSA) is 46.5 Å². The molecule has 60 valence electrons. The Morgan fingerprint density at radius 2 is 1.92 bits per heavy atom. The van der Waals surface area contributed by atoms with E-state index >= 15 is 0 Å². The largest absolute Gasteiger partial charge is 0.287 e. The Labute approximate surface area is 74.5 Å². The van der Waals surface area contributed by atoms with Crippen molar-refractivity contribution in [3.05, 3.63) is 29.8 Å². The molecule has 1 rings (SSSR count). The van der Waals surface area contributed by atoms with E-state index < -0.39 is 5.91 Å². The summed E-state index contributed by atoms with van der Waals surface area (Å²) in [5, 5.41) is 0. The molecule has 0 bridgehead atoms. The van der Waals surface area contributed by atoms with Crippen LogP contribution in [-0.2, 0) is 4.79 Å². The maximum absolute atomic E-state index is 10.9. The third-order valence-electron chi connectivity index (χ3n) is 1.26. The molecule has 0 atom stereocenters. The third-order valence-corrected chi connectivity index (χ3v) is 1.56. The summed E-state index contributed by atoms with van der Waals surface area (Å²) >= 11 is 4.03. The highest BCUT2D eigenvalue weighted by Crippen LogP contribution is 2.08. The monoisotopic (exact) mass is 179 g/mol. The van der Waals surface area contributed by atoms with Crippen LogP contribution in [0.1, 0.15) is 10.4 Å². The molecule has 0 saturated heterocycles. The van der Waals surface area contributed by atoms with Crippen molar-refractivity contribution in [1.29, 1.82) is 0 Å². The van der Waals surface area contributed by atoms with Gasteiger partial charge in [-0.05, 0) is 24.3 Å². The predicted molar refractivity (Wildman–Crippen MR) is 46.1 cm³/mol. The standard InChI is InChI=1S/C8H5NO2S/c10-5-9-8(11)6-1-3-7(12)4-2-6/h1-4,12H. The average Bonchev–Trinajstić information content (AvgIpc) is 2.06. The van der Waals surface area contributed by atoms with Crippen molar-refractivity contribution in [2.75, 3.05) is 0 Å². The van der Waals surface area contributed by atoms with E-state index in [1.165, 1.54) is 6.08 Å². The number of amides is 1. The van der Waals surface area contributed by atoms with Crippen LogP contribution in [0.5, 0.6) is 0 Å². The van der Waals surface area contributed by atoms with Gasteiger partial charge in [0.25, 0.3) is 5.91 Å². The lowest BCUT2D eigenvalue weighted by Gasteiger charge is -1.92. The summed E-state index contributed by atoms with van der Waals surface area (Å²) in [6.45, 7) is 0. The van der Waals surface area contributed by atoms with Gasteiger partial charge in [-0.1, -0.05) is 0 Å². The lowest BCUT2D eigenvalue weighted by atomic mass is 10.2. The molecule has 4 heteroatoms. The molecule has 0 aromatic heterocycles. The van der Waals surface area contributed by atoms with Crippen molar-refractivity contribution in [3.8, 4) is 0 Å². The second kappa shape index (κ2) is 3.85. The minimum Gasteiger partial charge on any atom is -0.266 e. The predicted octanol–water partition coefficient (Wildman–Crippen LogP) is 1.45. The molecule has 0 aliphatic carbocycles. The zero-order chi connectivity index (χ0) is 8.97. The molecule has 0 spiro atoms. The smallest absolute Gasteiger partial charge is 0.266 e. The molecule has 0 fully saturated rings. The summed E-state index contributed by atoms with van der Waals surface area (Å²) in [7, 11) is 0. The summed E-state index contributed by atoms with van der Waals surface area (Å²) in [6, 6.07) is 6.39. The molecule has 0 heterocycles. The van der Waals surface area contributed by atoms with Crippen LogP contribution in [-0.4, -0.2) is 12.0 Å². The summed E-state index contributed by atoms with van der Waals surface area (Å²) in [5.41, 5.74) is 0.358. The Morgan fingerprint density at radius 3 is 2.42 bits per heavy atom. The van der Waals surface area contributed by atoms with E-state index in [4.69, 9.17) is 0 Å². The van der Waals surface area contributed by atoms with Crippen LogP contribution in [0.25, 0.3) is 0 Å². The molecule has 0 aliphatic rings. The number of carbonyl (C=O) groups is 1. The number of aliphatic imine (C=N–C) groups is 1. The van der Waals surface area contributed by atoms with Crippen molar-refractivity contribution in [1.82, 2.24) is 0 Å². The number of nitrogens with zero attached hydrogens (tertiary/aromatic N) is 1. The van der Waals surface area contributed by atoms with Gasteiger partial charge in [0.15, 0.2) is 0 Å². The number of hydrogen-bond donors (Lipinski definition) is 1.